The highest BCUT2D eigenvalue weighted by Gasteiger charge is 2.52. The highest BCUT2D eigenvalue weighted by molar-refractivity contribution is 5.92. The molecule has 1 aromatic heterocycles. The van der Waals surface area contributed by atoms with Crippen molar-refractivity contribution >= 4 is 17.8 Å². The minimum atomic E-state index is -1.55. The lowest BCUT2D eigenvalue weighted by Crippen LogP contribution is -2.63. The van der Waals surface area contributed by atoms with E-state index in [1.165, 1.54) is 19.4 Å². The third-order valence-electron chi connectivity index (χ3n) is 6.17. The Hall–Kier alpha value is -2.58. The summed E-state index contributed by atoms with van der Waals surface area (Å²) in [5.74, 6) is -2.78. The van der Waals surface area contributed by atoms with E-state index in [9.17, 15) is 34.8 Å². The van der Waals surface area contributed by atoms with E-state index in [2.05, 4.69) is 25.9 Å². The molecule has 0 spiro atoms. The Balaban J connectivity index is 2.23. The molecule has 1 saturated heterocycles. The second kappa shape index (κ2) is 12.6. The van der Waals surface area contributed by atoms with Crippen molar-refractivity contribution in [2.45, 2.75) is 89.6 Å². The number of carbonyl (C=O) groups excluding carboxylic acids is 2. The normalized spacial score (nSPS) is 26.6. The van der Waals surface area contributed by atoms with Crippen LogP contribution >= 0.6 is 0 Å². The van der Waals surface area contributed by atoms with Crippen molar-refractivity contribution < 1.29 is 39.5 Å². The SMILES string of the molecule is CC(C)C[C@H](NC(=O)[C@H](Cc1cnc[nH]1)NC(=O)[C@@H](NC1(C)O[C@H](CO)[C@@H](O)[C@@H]1O)C(C)C)C(=O)O. The molecule has 0 saturated carbocycles. The van der Waals surface area contributed by atoms with Crippen LogP contribution in [0, 0.1) is 11.8 Å². The lowest BCUT2D eigenvalue weighted by Gasteiger charge is -2.35. The number of aliphatic hydroxyl groups excluding tert-OH is 3. The fourth-order valence-corrected chi connectivity index (χ4v) is 4.14. The van der Waals surface area contributed by atoms with Crippen molar-refractivity contribution in [3.63, 3.8) is 0 Å². The van der Waals surface area contributed by atoms with Gasteiger partial charge < -0.3 is 40.8 Å². The number of hydrogen-bond acceptors (Lipinski definition) is 9. The molecule has 7 atom stereocenters. The third kappa shape index (κ3) is 7.46. The molecule has 36 heavy (non-hydrogen) atoms. The van der Waals surface area contributed by atoms with Gasteiger partial charge in [0.1, 0.15) is 36.1 Å². The summed E-state index contributed by atoms with van der Waals surface area (Å²) in [5.41, 5.74) is -0.998. The number of carbonyl (C=O) groups is 3. The van der Waals surface area contributed by atoms with Crippen molar-refractivity contribution in [3.8, 4) is 0 Å². The van der Waals surface area contributed by atoms with E-state index < -0.39 is 66.6 Å². The van der Waals surface area contributed by atoms with Crippen molar-refractivity contribution in [2.75, 3.05) is 6.61 Å². The van der Waals surface area contributed by atoms with Crippen molar-refractivity contribution in [2.24, 2.45) is 11.8 Å². The molecule has 13 heteroatoms. The molecule has 2 amide bonds. The maximum Gasteiger partial charge on any atom is 0.326 e. The number of carboxylic acids is 1. The molecule has 2 heterocycles. The Labute approximate surface area is 210 Å². The zero-order chi connectivity index (χ0) is 27.2. The van der Waals surface area contributed by atoms with Crippen LogP contribution in [0.2, 0.25) is 0 Å². The van der Waals surface area contributed by atoms with Crippen molar-refractivity contribution in [1.82, 2.24) is 25.9 Å². The van der Waals surface area contributed by atoms with Gasteiger partial charge in [-0.1, -0.05) is 27.7 Å². The van der Waals surface area contributed by atoms with E-state index in [0.29, 0.717) is 5.69 Å². The van der Waals surface area contributed by atoms with Crippen LogP contribution in [0.15, 0.2) is 12.5 Å². The Kier molecular flexibility index (Phi) is 10.4. The molecule has 0 bridgehead atoms. The molecule has 0 radical (unpaired) electrons. The predicted octanol–water partition coefficient (Wildman–Crippen LogP) is -1.50. The van der Waals surface area contributed by atoms with Crippen LogP contribution in [0.1, 0.15) is 46.7 Å². The second-order valence-corrected chi connectivity index (χ2v) is 10.1. The van der Waals surface area contributed by atoms with Gasteiger partial charge in [0.05, 0.1) is 19.0 Å². The largest absolute Gasteiger partial charge is 0.480 e. The van der Waals surface area contributed by atoms with Gasteiger partial charge in [0.25, 0.3) is 0 Å². The maximum absolute atomic E-state index is 13.3. The Morgan fingerprint density at radius 3 is 2.25 bits per heavy atom. The van der Waals surface area contributed by atoms with Crippen LogP contribution in [0.4, 0.5) is 0 Å². The number of aliphatic carboxylic acids is 1. The van der Waals surface area contributed by atoms with Gasteiger partial charge in [-0.2, -0.15) is 0 Å². The van der Waals surface area contributed by atoms with E-state index in [-0.39, 0.29) is 24.7 Å². The lowest BCUT2D eigenvalue weighted by atomic mass is 9.97. The molecule has 1 aromatic rings. The molecular formula is C23H39N5O8. The maximum atomic E-state index is 13.3. The van der Waals surface area contributed by atoms with Gasteiger partial charge in [-0.05, 0) is 25.2 Å². The number of H-pyrrole nitrogens is 1. The fourth-order valence-electron chi connectivity index (χ4n) is 4.14. The van der Waals surface area contributed by atoms with Crippen LogP contribution in [0.5, 0.6) is 0 Å². The molecule has 8 N–H and O–H groups in total. The molecule has 13 nitrogen and oxygen atoms in total. The van der Waals surface area contributed by atoms with E-state index in [1.54, 1.807) is 13.8 Å². The molecule has 1 unspecified atom stereocenters. The molecule has 204 valence electrons. The number of aliphatic hydroxyl groups is 3. The van der Waals surface area contributed by atoms with Crippen LogP contribution in [0.25, 0.3) is 0 Å². The molecule has 1 fully saturated rings. The van der Waals surface area contributed by atoms with E-state index in [0.717, 1.165) is 0 Å². The zero-order valence-electron chi connectivity index (χ0n) is 21.3. The number of hydrogen-bond donors (Lipinski definition) is 8. The van der Waals surface area contributed by atoms with E-state index >= 15 is 0 Å². The highest BCUT2D eigenvalue weighted by atomic mass is 16.6. The Morgan fingerprint density at radius 2 is 1.78 bits per heavy atom. The topological polar surface area (TPSA) is 206 Å². The standard InChI is InChI=1S/C23H39N5O8/c1-11(2)6-15(22(34)35)27-20(32)14(7-13-8-24-10-25-13)26-21(33)17(12(3)4)28-23(5)19(31)18(30)16(9-29)36-23/h8,10-12,14-19,28-31H,6-7,9H2,1-5H3,(H,24,25)(H,26,33)(H,27,32)(H,34,35)/t14-,15-,16+,17-,18+,19-,23?/m0/s1. The number of carboxylic acid groups (broad SMARTS) is 1. The first-order valence-electron chi connectivity index (χ1n) is 12.0. The van der Waals surface area contributed by atoms with E-state index in [4.69, 9.17) is 4.74 Å². The summed E-state index contributed by atoms with van der Waals surface area (Å²) < 4.78 is 5.61. The van der Waals surface area contributed by atoms with Crippen LogP contribution in [0.3, 0.4) is 0 Å². The smallest absolute Gasteiger partial charge is 0.326 e. The number of nitrogens with one attached hydrogen (secondary N) is 4. The molecule has 2 rings (SSSR count). The fraction of sp³-hybridized carbons (Fsp3) is 0.739. The average Bonchev–Trinajstić information content (AvgIpc) is 3.38. The molecule has 1 aliphatic rings. The van der Waals surface area contributed by atoms with Crippen LogP contribution in [-0.4, -0.2) is 96.9 Å². The summed E-state index contributed by atoms with van der Waals surface area (Å²) in [6.45, 7) is 8.09. The van der Waals surface area contributed by atoms with Gasteiger partial charge in [0.15, 0.2) is 0 Å². The van der Waals surface area contributed by atoms with Gasteiger partial charge in [-0.15, -0.1) is 0 Å². The number of amides is 2. The molecule has 0 aliphatic carbocycles. The summed E-state index contributed by atoms with van der Waals surface area (Å²) in [6, 6.07) is -3.24. The first-order chi connectivity index (χ1) is 16.8. The summed E-state index contributed by atoms with van der Waals surface area (Å²) in [4.78, 5) is 44.9. The number of imidazole rings is 1. The third-order valence-corrected chi connectivity index (χ3v) is 6.17. The quantitative estimate of drug-likeness (QED) is 0.153. The number of rotatable bonds is 13. The Bertz CT molecular complexity index is 880. The van der Waals surface area contributed by atoms with Crippen molar-refractivity contribution in [1.29, 1.82) is 0 Å². The Morgan fingerprint density at radius 1 is 1.14 bits per heavy atom. The minimum Gasteiger partial charge on any atom is -0.480 e. The summed E-state index contributed by atoms with van der Waals surface area (Å²) in [6.07, 6.45) is -0.681. The number of nitrogens with zero attached hydrogens (tertiary/aromatic N) is 1. The first-order valence-corrected chi connectivity index (χ1v) is 12.0. The lowest BCUT2D eigenvalue weighted by molar-refractivity contribution is -0.143. The summed E-state index contributed by atoms with van der Waals surface area (Å²) in [7, 11) is 0. The monoisotopic (exact) mass is 513 g/mol. The van der Waals surface area contributed by atoms with Crippen LogP contribution in [-0.2, 0) is 25.5 Å². The highest BCUT2D eigenvalue weighted by Crippen LogP contribution is 2.30. The molecular weight excluding hydrogens is 474 g/mol. The summed E-state index contributed by atoms with van der Waals surface area (Å²) >= 11 is 0. The number of ether oxygens (including phenoxy) is 1. The van der Waals surface area contributed by atoms with E-state index in [1.807, 2.05) is 13.8 Å². The van der Waals surface area contributed by atoms with Crippen molar-refractivity contribution in [3.05, 3.63) is 18.2 Å². The first kappa shape index (κ1) is 29.6. The number of aromatic amines is 1. The average molecular weight is 514 g/mol. The van der Waals surface area contributed by atoms with Gasteiger partial charge in [0.2, 0.25) is 11.8 Å². The number of aromatic nitrogens is 2. The second-order valence-electron chi connectivity index (χ2n) is 10.1. The summed E-state index contributed by atoms with van der Waals surface area (Å²) in [5, 5.41) is 47.7. The van der Waals surface area contributed by atoms with Gasteiger partial charge in [0, 0.05) is 18.3 Å². The predicted molar refractivity (Wildman–Crippen MR) is 127 cm³/mol. The zero-order valence-corrected chi connectivity index (χ0v) is 21.3. The van der Waals surface area contributed by atoms with Gasteiger partial charge >= 0.3 is 5.97 Å². The van der Waals surface area contributed by atoms with Gasteiger partial charge in [-0.3, -0.25) is 14.9 Å². The molecule has 1 aliphatic heterocycles. The van der Waals surface area contributed by atoms with Gasteiger partial charge in [-0.25, -0.2) is 9.78 Å². The molecule has 0 aromatic carbocycles. The minimum absolute atomic E-state index is 0.0123. The van der Waals surface area contributed by atoms with Crippen LogP contribution < -0.4 is 16.0 Å².